The second-order valence-corrected chi connectivity index (χ2v) is 4.14. The third-order valence-corrected chi connectivity index (χ3v) is 2.90. The Bertz CT molecular complexity index is 145. The molecule has 0 bridgehead atoms. The summed E-state index contributed by atoms with van der Waals surface area (Å²) in [5, 5.41) is 0. The Morgan fingerprint density at radius 1 is 1.67 bits per heavy atom. The van der Waals surface area contributed by atoms with E-state index in [1.807, 2.05) is 19.9 Å². The second-order valence-electron chi connectivity index (χ2n) is 2.81. The van der Waals surface area contributed by atoms with E-state index in [1.54, 1.807) is 0 Å². The van der Waals surface area contributed by atoms with Crippen LogP contribution in [0.4, 0.5) is 0 Å². The van der Waals surface area contributed by atoms with E-state index >= 15 is 0 Å². The van der Waals surface area contributed by atoms with Crippen molar-refractivity contribution in [3.63, 3.8) is 0 Å². The molecule has 0 spiro atoms. The van der Waals surface area contributed by atoms with Crippen LogP contribution in [0.2, 0.25) is 0 Å². The first-order valence-electron chi connectivity index (χ1n) is 4.43. The molecule has 0 fully saturated rings. The molecule has 0 amide bonds. The minimum atomic E-state index is -1.44. The van der Waals surface area contributed by atoms with Gasteiger partial charge in [0.2, 0.25) is 0 Å². The fraction of sp³-hybridized carbons (Fsp3) is 0.778. The Morgan fingerprint density at radius 2 is 2.33 bits per heavy atom. The van der Waals surface area contributed by atoms with Gasteiger partial charge in [0.05, 0.1) is 0 Å². The Balaban J connectivity index is 3.39. The van der Waals surface area contributed by atoms with Gasteiger partial charge in [-0.1, -0.05) is 13.0 Å². The molecule has 0 saturated carbocycles. The number of hydrogen-bond donors (Lipinski definition) is 0. The summed E-state index contributed by atoms with van der Waals surface area (Å²) in [6.45, 7) is 7.57. The monoisotopic (exact) mass is 189 g/mol. The summed E-state index contributed by atoms with van der Waals surface area (Å²) < 4.78 is 16.4. The van der Waals surface area contributed by atoms with Gasteiger partial charge in [0.25, 0.3) is 0 Å². The standard InChI is InChI=1S/C9H18O2P/c1-4-6-7-8-12(10)11-9(3)5-2/h4,9H,1,5-8H2,2-3H3/q+1. The van der Waals surface area contributed by atoms with Gasteiger partial charge in [-0.2, -0.15) is 0 Å². The summed E-state index contributed by atoms with van der Waals surface area (Å²) in [5.74, 6) is 0. The Labute approximate surface area is 75.9 Å². The normalized spacial score (nSPS) is 14.0. The van der Waals surface area contributed by atoms with Crippen LogP contribution in [-0.4, -0.2) is 12.3 Å². The quantitative estimate of drug-likeness (QED) is 0.348. The molecule has 0 rings (SSSR count). The molecular formula is C9H18O2P+. The zero-order chi connectivity index (χ0) is 9.40. The molecule has 0 aromatic carbocycles. The fourth-order valence-electron chi connectivity index (χ4n) is 0.693. The van der Waals surface area contributed by atoms with E-state index in [4.69, 9.17) is 4.52 Å². The molecular weight excluding hydrogens is 171 g/mol. The summed E-state index contributed by atoms with van der Waals surface area (Å²) in [5.41, 5.74) is 0. The largest absolute Gasteiger partial charge is 0.508 e. The summed E-state index contributed by atoms with van der Waals surface area (Å²) >= 11 is 0. The summed E-state index contributed by atoms with van der Waals surface area (Å²) in [7, 11) is -1.44. The van der Waals surface area contributed by atoms with Crippen LogP contribution < -0.4 is 0 Å². The van der Waals surface area contributed by atoms with E-state index < -0.39 is 8.03 Å². The van der Waals surface area contributed by atoms with Gasteiger partial charge in [-0.15, -0.1) is 11.1 Å². The summed E-state index contributed by atoms with van der Waals surface area (Å²) in [6, 6.07) is 0. The topological polar surface area (TPSA) is 26.3 Å². The first-order valence-corrected chi connectivity index (χ1v) is 5.79. The van der Waals surface area contributed by atoms with E-state index in [0.29, 0.717) is 6.16 Å². The predicted molar refractivity (Wildman–Crippen MR) is 52.7 cm³/mol. The molecule has 70 valence electrons. The smallest absolute Gasteiger partial charge is 0.143 e. The minimum Gasteiger partial charge on any atom is -0.143 e. The molecule has 12 heavy (non-hydrogen) atoms. The van der Waals surface area contributed by atoms with Crippen LogP contribution in [-0.2, 0) is 9.09 Å². The average molecular weight is 189 g/mol. The van der Waals surface area contributed by atoms with E-state index in [1.165, 1.54) is 0 Å². The maximum absolute atomic E-state index is 11.2. The first kappa shape index (κ1) is 11.8. The molecule has 0 aromatic heterocycles. The lowest BCUT2D eigenvalue weighted by atomic mass is 10.3. The van der Waals surface area contributed by atoms with Crippen molar-refractivity contribution in [2.75, 3.05) is 6.16 Å². The van der Waals surface area contributed by atoms with Crippen molar-refractivity contribution < 1.29 is 9.09 Å². The molecule has 3 heteroatoms. The lowest BCUT2D eigenvalue weighted by Gasteiger charge is -1.97. The highest BCUT2D eigenvalue weighted by Crippen LogP contribution is 2.26. The Morgan fingerprint density at radius 3 is 2.83 bits per heavy atom. The third-order valence-electron chi connectivity index (χ3n) is 1.62. The summed E-state index contributed by atoms with van der Waals surface area (Å²) in [4.78, 5) is 0. The van der Waals surface area contributed by atoms with Crippen LogP contribution in [0, 0.1) is 0 Å². The zero-order valence-corrected chi connectivity index (χ0v) is 8.85. The van der Waals surface area contributed by atoms with E-state index in [0.717, 1.165) is 19.3 Å². The molecule has 0 saturated heterocycles. The first-order chi connectivity index (χ1) is 5.70. The molecule has 2 unspecified atom stereocenters. The molecule has 0 aliphatic carbocycles. The number of allylic oxidation sites excluding steroid dienone is 1. The average Bonchev–Trinajstić information content (AvgIpc) is 2.05. The van der Waals surface area contributed by atoms with Crippen molar-refractivity contribution in [2.24, 2.45) is 0 Å². The maximum atomic E-state index is 11.2. The number of unbranched alkanes of at least 4 members (excludes halogenated alkanes) is 1. The van der Waals surface area contributed by atoms with Crippen molar-refractivity contribution in [1.82, 2.24) is 0 Å². The molecule has 0 aliphatic heterocycles. The third kappa shape index (κ3) is 6.51. The van der Waals surface area contributed by atoms with Gasteiger partial charge in [-0.25, -0.2) is 0 Å². The van der Waals surface area contributed by atoms with Crippen LogP contribution >= 0.6 is 8.03 Å². The zero-order valence-electron chi connectivity index (χ0n) is 7.95. The highest BCUT2D eigenvalue weighted by Gasteiger charge is 2.19. The molecule has 0 N–H and O–H groups in total. The molecule has 0 aliphatic rings. The van der Waals surface area contributed by atoms with Gasteiger partial charge in [-0.3, -0.25) is 0 Å². The summed E-state index contributed by atoms with van der Waals surface area (Å²) in [6.07, 6.45) is 5.37. The van der Waals surface area contributed by atoms with E-state index in [-0.39, 0.29) is 6.10 Å². The molecule has 0 radical (unpaired) electrons. The predicted octanol–water partition coefficient (Wildman–Crippen LogP) is 3.51. The van der Waals surface area contributed by atoms with E-state index in [9.17, 15) is 4.57 Å². The molecule has 0 heterocycles. The van der Waals surface area contributed by atoms with Crippen LogP contribution in [0.5, 0.6) is 0 Å². The van der Waals surface area contributed by atoms with E-state index in [2.05, 4.69) is 6.58 Å². The molecule has 2 atom stereocenters. The van der Waals surface area contributed by atoms with Gasteiger partial charge in [0.1, 0.15) is 6.10 Å². The Hall–Kier alpha value is -0.200. The van der Waals surface area contributed by atoms with Crippen molar-refractivity contribution in [2.45, 2.75) is 39.2 Å². The fourth-order valence-corrected chi connectivity index (χ4v) is 1.79. The maximum Gasteiger partial charge on any atom is 0.508 e. The van der Waals surface area contributed by atoms with Crippen molar-refractivity contribution >= 4 is 8.03 Å². The highest BCUT2D eigenvalue weighted by atomic mass is 31.1. The molecule has 0 aromatic rings. The number of rotatable bonds is 7. The van der Waals surface area contributed by atoms with Crippen LogP contribution in [0.15, 0.2) is 12.7 Å². The van der Waals surface area contributed by atoms with Crippen molar-refractivity contribution in [1.29, 1.82) is 0 Å². The van der Waals surface area contributed by atoms with Crippen molar-refractivity contribution in [3.8, 4) is 0 Å². The lowest BCUT2D eigenvalue weighted by molar-refractivity contribution is 0.230. The Kier molecular flexibility index (Phi) is 7.33. The van der Waals surface area contributed by atoms with Gasteiger partial charge in [-0.05, 0) is 30.8 Å². The van der Waals surface area contributed by atoms with Gasteiger partial charge < -0.3 is 0 Å². The highest BCUT2D eigenvalue weighted by molar-refractivity contribution is 7.39. The van der Waals surface area contributed by atoms with Gasteiger partial charge >= 0.3 is 8.03 Å². The van der Waals surface area contributed by atoms with Crippen LogP contribution in [0.25, 0.3) is 0 Å². The van der Waals surface area contributed by atoms with Gasteiger partial charge in [0, 0.05) is 0 Å². The van der Waals surface area contributed by atoms with Crippen LogP contribution in [0.3, 0.4) is 0 Å². The van der Waals surface area contributed by atoms with Crippen LogP contribution in [0.1, 0.15) is 33.1 Å². The SMILES string of the molecule is C=CCCC[P+](=O)OC(C)CC. The number of hydrogen-bond acceptors (Lipinski definition) is 2. The lowest BCUT2D eigenvalue weighted by Crippen LogP contribution is -2.00. The second kappa shape index (κ2) is 7.45. The van der Waals surface area contributed by atoms with Crippen molar-refractivity contribution in [3.05, 3.63) is 12.7 Å². The molecule has 2 nitrogen and oxygen atoms in total. The minimum absolute atomic E-state index is 0.123. The van der Waals surface area contributed by atoms with Gasteiger partial charge in [0.15, 0.2) is 6.16 Å².